The molecule has 0 amide bonds. The summed E-state index contributed by atoms with van der Waals surface area (Å²) in [5.74, 6) is 0.479. The lowest BCUT2D eigenvalue weighted by molar-refractivity contribution is -0.385. The molecule has 1 aliphatic heterocycles. The molecule has 2 rings (SSSR count). The normalized spacial score (nSPS) is 17.1. The molecule has 1 fully saturated rings. The number of benzene rings is 1. The Bertz CT molecular complexity index is 484. The van der Waals surface area contributed by atoms with Crippen LogP contribution >= 0.6 is 0 Å². The molecular weight excluding hydrogens is 248 g/mol. The number of hydrogen-bond donors (Lipinski definition) is 0. The predicted molar refractivity (Wildman–Crippen MR) is 69.4 cm³/mol. The van der Waals surface area contributed by atoms with Gasteiger partial charge < -0.3 is 4.74 Å². The number of ether oxygens (including phenoxy) is 1. The summed E-state index contributed by atoms with van der Waals surface area (Å²) in [4.78, 5) is 23.2. The Kier molecular flexibility index (Phi) is 4.11. The van der Waals surface area contributed by atoms with Crippen LogP contribution < -0.4 is 4.74 Å². The minimum Gasteiger partial charge on any atom is -0.475 e. The van der Waals surface area contributed by atoms with Crippen molar-refractivity contribution >= 4 is 12.0 Å². The number of likely N-dealkylation sites (tertiary alicyclic amines) is 1. The van der Waals surface area contributed by atoms with Gasteiger partial charge in [0.1, 0.15) is 12.0 Å². The zero-order valence-corrected chi connectivity index (χ0v) is 10.7. The van der Waals surface area contributed by atoms with Gasteiger partial charge in [-0.1, -0.05) is 0 Å². The molecule has 1 atom stereocenters. The lowest BCUT2D eigenvalue weighted by Crippen LogP contribution is -2.34. The summed E-state index contributed by atoms with van der Waals surface area (Å²) in [5, 5.41) is 10.7. The fourth-order valence-electron chi connectivity index (χ4n) is 2.24. The summed E-state index contributed by atoms with van der Waals surface area (Å²) < 4.78 is 5.72. The van der Waals surface area contributed by atoms with E-state index in [1.54, 1.807) is 0 Å². The quantitative estimate of drug-likeness (QED) is 0.463. The molecular formula is C13H16N2O4. The smallest absolute Gasteiger partial charge is 0.280 e. The van der Waals surface area contributed by atoms with E-state index in [4.69, 9.17) is 4.74 Å². The SMILES string of the molecule is CC(Oc1ccc([N+](=O)[O-])c(C=O)c1)N1CCCC1. The van der Waals surface area contributed by atoms with E-state index in [0.717, 1.165) is 25.9 Å². The molecule has 0 N–H and O–H groups in total. The zero-order chi connectivity index (χ0) is 13.8. The van der Waals surface area contributed by atoms with E-state index in [9.17, 15) is 14.9 Å². The molecule has 1 saturated heterocycles. The van der Waals surface area contributed by atoms with Gasteiger partial charge in [-0.2, -0.15) is 0 Å². The molecule has 1 aromatic rings. The van der Waals surface area contributed by atoms with E-state index >= 15 is 0 Å². The van der Waals surface area contributed by atoms with E-state index in [0.29, 0.717) is 12.0 Å². The molecule has 0 aromatic heterocycles. The molecule has 1 aromatic carbocycles. The molecule has 6 nitrogen and oxygen atoms in total. The van der Waals surface area contributed by atoms with Crippen molar-refractivity contribution in [2.24, 2.45) is 0 Å². The van der Waals surface area contributed by atoms with Crippen LogP contribution in [0.25, 0.3) is 0 Å². The second kappa shape index (κ2) is 5.79. The lowest BCUT2D eigenvalue weighted by Gasteiger charge is -2.24. The highest BCUT2D eigenvalue weighted by atomic mass is 16.6. The van der Waals surface area contributed by atoms with E-state index in [1.807, 2.05) is 6.92 Å². The van der Waals surface area contributed by atoms with E-state index in [2.05, 4.69) is 4.90 Å². The molecule has 19 heavy (non-hydrogen) atoms. The average Bonchev–Trinajstić information content (AvgIpc) is 2.92. The summed E-state index contributed by atoms with van der Waals surface area (Å²) in [6, 6.07) is 4.24. The molecule has 0 radical (unpaired) electrons. The third-order valence-corrected chi connectivity index (χ3v) is 3.28. The second-order valence-electron chi connectivity index (χ2n) is 4.56. The van der Waals surface area contributed by atoms with E-state index in [1.165, 1.54) is 18.2 Å². The Balaban J connectivity index is 2.12. The maximum atomic E-state index is 10.9. The van der Waals surface area contributed by atoms with Gasteiger partial charge in [-0.25, -0.2) is 0 Å². The van der Waals surface area contributed by atoms with Crippen molar-refractivity contribution in [1.29, 1.82) is 0 Å². The highest BCUT2D eigenvalue weighted by molar-refractivity contribution is 5.82. The highest BCUT2D eigenvalue weighted by Gasteiger charge is 2.20. The molecule has 0 saturated carbocycles. The van der Waals surface area contributed by atoms with Crippen LogP contribution in [-0.2, 0) is 0 Å². The molecule has 0 bridgehead atoms. The minimum absolute atomic E-state index is 0.0381. The van der Waals surface area contributed by atoms with Crippen LogP contribution in [0.15, 0.2) is 18.2 Å². The monoisotopic (exact) mass is 264 g/mol. The number of aldehydes is 1. The van der Waals surface area contributed by atoms with E-state index in [-0.39, 0.29) is 17.5 Å². The van der Waals surface area contributed by atoms with Gasteiger partial charge in [0.25, 0.3) is 5.69 Å². The van der Waals surface area contributed by atoms with E-state index < -0.39 is 4.92 Å². The van der Waals surface area contributed by atoms with Crippen LogP contribution in [0.3, 0.4) is 0 Å². The van der Waals surface area contributed by atoms with Crippen molar-refractivity contribution in [3.63, 3.8) is 0 Å². The van der Waals surface area contributed by atoms with Gasteiger partial charge in [-0.05, 0) is 31.9 Å². The molecule has 1 aliphatic rings. The topological polar surface area (TPSA) is 72.7 Å². The third kappa shape index (κ3) is 3.08. The van der Waals surface area contributed by atoms with Crippen molar-refractivity contribution in [3.8, 4) is 5.75 Å². The summed E-state index contributed by atoms with van der Waals surface area (Å²) in [7, 11) is 0. The van der Waals surface area contributed by atoms with Gasteiger partial charge in [-0.3, -0.25) is 19.8 Å². The van der Waals surface area contributed by atoms with Gasteiger partial charge in [-0.15, -0.1) is 0 Å². The van der Waals surface area contributed by atoms with Crippen molar-refractivity contribution < 1.29 is 14.5 Å². The summed E-state index contributed by atoms with van der Waals surface area (Å²) >= 11 is 0. The van der Waals surface area contributed by atoms with Crippen molar-refractivity contribution in [3.05, 3.63) is 33.9 Å². The van der Waals surface area contributed by atoms with Gasteiger partial charge in [0.15, 0.2) is 6.29 Å². The van der Waals surface area contributed by atoms with Gasteiger partial charge in [0.2, 0.25) is 0 Å². The van der Waals surface area contributed by atoms with Crippen molar-refractivity contribution in [2.45, 2.75) is 26.0 Å². The Labute approximate surface area is 111 Å². The Hall–Kier alpha value is -1.95. The number of carbonyl (C=O) groups is 1. The zero-order valence-electron chi connectivity index (χ0n) is 10.7. The number of carbonyl (C=O) groups excluding carboxylic acids is 1. The standard InChI is InChI=1S/C13H16N2O4/c1-10(14-6-2-3-7-14)19-12-4-5-13(15(17)18)11(8-12)9-16/h4-5,8-10H,2-3,6-7H2,1H3. The first-order valence-electron chi connectivity index (χ1n) is 6.26. The minimum atomic E-state index is -0.572. The summed E-state index contributed by atoms with van der Waals surface area (Å²) in [5.41, 5.74) is -0.160. The summed E-state index contributed by atoms with van der Waals surface area (Å²) in [6.45, 7) is 3.93. The van der Waals surface area contributed by atoms with Gasteiger partial charge in [0, 0.05) is 19.2 Å². The first-order valence-corrected chi connectivity index (χ1v) is 6.26. The summed E-state index contributed by atoms with van der Waals surface area (Å²) in [6.07, 6.45) is 2.70. The Morgan fingerprint density at radius 3 is 2.68 bits per heavy atom. The van der Waals surface area contributed by atoms with Crippen LogP contribution in [0.5, 0.6) is 5.75 Å². The lowest BCUT2D eigenvalue weighted by atomic mass is 10.2. The molecule has 6 heteroatoms. The van der Waals surface area contributed by atoms with Gasteiger partial charge >= 0.3 is 0 Å². The Morgan fingerprint density at radius 2 is 2.11 bits per heavy atom. The van der Waals surface area contributed by atoms with Crippen LogP contribution in [0.4, 0.5) is 5.69 Å². The molecule has 0 spiro atoms. The maximum Gasteiger partial charge on any atom is 0.280 e. The number of nitro benzene ring substituents is 1. The predicted octanol–water partition coefficient (Wildman–Crippen LogP) is 2.23. The third-order valence-electron chi connectivity index (χ3n) is 3.28. The van der Waals surface area contributed by atoms with Crippen molar-refractivity contribution in [1.82, 2.24) is 4.90 Å². The molecule has 1 heterocycles. The van der Waals surface area contributed by atoms with Crippen LogP contribution in [0.1, 0.15) is 30.1 Å². The van der Waals surface area contributed by atoms with Crippen LogP contribution in [-0.4, -0.2) is 35.4 Å². The van der Waals surface area contributed by atoms with Crippen LogP contribution in [0, 0.1) is 10.1 Å². The first kappa shape index (κ1) is 13.5. The molecule has 0 aliphatic carbocycles. The number of rotatable bonds is 5. The fourth-order valence-corrected chi connectivity index (χ4v) is 2.24. The average molecular weight is 264 g/mol. The number of nitro groups is 1. The van der Waals surface area contributed by atoms with Crippen LogP contribution in [0.2, 0.25) is 0 Å². The fraction of sp³-hybridized carbons (Fsp3) is 0.462. The molecule has 1 unspecified atom stereocenters. The largest absolute Gasteiger partial charge is 0.475 e. The highest BCUT2D eigenvalue weighted by Crippen LogP contribution is 2.24. The second-order valence-corrected chi connectivity index (χ2v) is 4.56. The van der Waals surface area contributed by atoms with Gasteiger partial charge in [0.05, 0.1) is 10.5 Å². The van der Waals surface area contributed by atoms with Crippen molar-refractivity contribution in [2.75, 3.05) is 13.1 Å². The maximum absolute atomic E-state index is 10.9. The first-order chi connectivity index (χ1) is 9.11. The molecule has 102 valence electrons. The number of hydrogen-bond acceptors (Lipinski definition) is 5. The number of nitrogens with zero attached hydrogens (tertiary/aromatic N) is 2. The Morgan fingerprint density at radius 1 is 1.42 bits per heavy atom.